The van der Waals surface area contributed by atoms with Gasteiger partial charge in [-0.25, -0.2) is 9.97 Å². The molecule has 9 aromatic rings. The molecule has 0 saturated carbocycles. The fourth-order valence-corrected chi connectivity index (χ4v) is 10.9. The predicted molar refractivity (Wildman–Crippen MR) is 225 cm³/mol. The van der Waals surface area contributed by atoms with Crippen LogP contribution in [-0.2, 0) is 5.41 Å². The molecule has 0 saturated heterocycles. The average molecular weight is 728 g/mol. The Bertz CT molecular complexity index is 2890. The topological polar surface area (TPSA) is 30.7 Å². The second kappa shape index (κ2) is 12.1. The van der Waals surface area contributed by atoms with Gasteiger partial charge in [0.1, 0.15) is 0 Å². The van der Waals surface area contributed by atoms with Gasteiger partial charge >= 0.3 is 0 Å². The quantitative estimate of drug-likeness (QED) is 0.181. The zero-order valence-corrected chi connectivity index (χ0v) is 31.4. The average Bonchev–Trinajstić information content (AvgIpc) is 3.69. The van der Waals surface area contributed by atoms with Gasteiger partial charge in [-0.1, -0.05) is 165 Å². The zero-order chi connectivity index (χ0) is 36.0. The van der Waals surface area contributed by atoms with E-state index in [9.17, 15) is 0 Å². The molecule has 0 spiro atoms. The third-order valence-corrected chi connectivity index (χ3v) is 13.6. The minimum Gasteiger partial charge on any atom is -0.308 e. The first-order valence-electron chi connectivity index (χ1n) is 18.3. The van der Waals surface area contributed by atoms with Gasteiger partial charge in [0.2, 0.25) is 0 Å². The van der Waals surface area contributed by atoms with Crippen LogP contribution < -0.4 is 0 Å². The number of fused-ring (bicyclic) bond motifs is 10. The molecule has 0 fully saturated rings. The lowest BCUT2D eigenvalue weighted by Crippen LogP contribution is -2.16. The van der Waals surface area contributed by atoms with Crippen LogP contribution in [0, 0.1) is 0 Å². The number of benzene rings is 7. The minimum absolute atomic E-state index is 0.172. The van der Waals surface area contributed by atoms with E-state index in [2.05, 4.69) is 158 Å². The molecule has 3 heterocycles. The molecule has 0 amide bonds. The number of hydrogen-bond acceptors (Lipinski definition) is 4. The SMILES string of the molecule is CC1(C)c2ccccc2-c2ccc3c4ccc5c(c4n(-c4ccc(-c6cc(-c7ccccc7)nc(-c7ccccc7)n6)cc4)c3c21)Sc1ccccc1S5. The van der Waals surface area contributed by atoms with Crippen molar-refractivity contribution >= 4 is 45.3 Å². The molecule has 0 atom stereocenters. The highest BCUT2D eigenvalue weighted by atomic mass is 32.2. The summed E-state index contributed by atoms with van der Waals surface area (Å²) in [5.74, 6) is 0.720. The van der Waals surface area contributed by atoms with Crippen molar-refractivity contribution in [2.45, 2.75) is 38.8 Å². The van der Waals surface area contributed by atoms with Gasteiger partial charge in [-0.2, -0.15) is 0 Å². The van der Waals surface area contributed by atoms with E-state index in [4.69, 9.17) is 9.97 Å². The summed E-state index contributed by atoms with van der Waals surface area (Å²) in [4.78, 5) is 15.4. The molecular weight excluding hydrogens is 695 g/mol. The number of aromatic nitrogens is 3. The summed E-state index contributed by atoms with van der Waals surface area (Å²) >= 11 is 3.77. The first kappa shape index (κ1) is 31.6. The molecule has 1 aliphatic heterocycles. The molecule has 0 radical (unpaired) electrons. The van der Waals surface area contributed by atoms with Gasteiger partial charge in [0.05, 0.1) is 27.3 Å². The van der Waals surface area contributed by atoms with Crippen LogP contribution in [0.15, 0.2) is 183 Å². The van der Waals surface area contributed by atoms with Crippen molar-refractivity contribution in [1.82, 2.24) is 14.5 Å². The Hall–Kier alpha value is -5.88. The van der Waals surface area contributed by atoms with E-state index in [1.54, 1.807) is 0 Å². The summed E-state index contributed by atoms with van der Waals surface area (Å²) in [6.45, 7) is 4.78. The van der Waals surface area contributed by atoms with Crippen molar-refractivity contribution in [1.29, 1.82) is 0 Å². The van der Waals surface area contributed by atoms with E-state index in [-0.39, 0.29) is 5.41 Å². The number of hydrogen-bond donors (Lipinski definition) is 0. The molecular formula is C49H33N3S2. The summed E-state index contributed by atoms with van der Waals surface area (Å²) in [6, 6.07) is 58.9. The van der Waals surface area contributed by atoms with Gasteiger partial charge in [0.25, 0.3) is 0 Å². The minimum atomic E-state index is -0.172. The lowest BCUT2D eigenvalue weighted by Gasteiger charge is -2.24. The first-order valence-corrected chi connectivity index (χ1v) is 20.0. The molecule has 54 heavy (non-hydrogen) atoms. The Morgan fingerprint density at radius 3 is 1.81 bits per heavy atom. The fraction of sp³-hybridized carbons (Fsp3) is 0.0612. The van der Waals surface area contributed by atoms with Crippen molar-refractivity contribution in [2.75, 3.05) is 0 Å². The Morgan fingerprint density at radius 2 is 1.07 bits per heavy atom. The molecule has 2 aromatic heterocycles. The largest absolute Gasteiger partial charge is 0.308 e. The highest BCUT2D eigenvalue weighted by Gasteiger charge is 2.39. The monoisotopic (exact) mass is 727 g/mol. The smallest absolute Gasteiger partial charge is 0.160 e. The lowest BCUT2D eigenvalue weighted by molar-refractivity contribution is 0.664. The highest BCUT2D eigenvalue weighted by molar-refractivity contribution is 8.05. The second-order valence-corrected chi connectivity index (χ2v) is 16.7. The van der Waals surface area contributed by atoms with Crippen LogP contribution in [0.5, 0.6) is 0 Å². The van der Waals surface area contributed by atoms with E-state index in [1.165, 1.54) is 63.6 Å². The van der Waals surface area contributed by atoms with Crippen molar-refractivity contribution in [3.05, 3.63) is 175 Å². The Labute approximate surface area is 322 Å². The summed E-state index contributed by atoms with van der Waals surface area (Å²) in [5, 5.41) is 2.57. The van der Waals surface area contributed by atoms with Crippen LogP contribution >= 0.6 is 23.5 Å². The Morgan fingerprint density at radius 1 is 0.481 bits per heavy atom. The molecule has 11 rings (SSSR count). The standard InChI is InChI=1S/C49H33N3S2/c1-49(2)38-18-10-9-17-34(38)35-25-26-36-37-27-28-43-47(54-42-20-12-11-19-41(42)53-43)46(37)52(45(36)44(35)49)33-23-21-31(22-24-33)40-29-39(30-13-5-3-6-14-30)50-48(51-40)32-15-7-4-8-16-32/h3-29H,1-2H3. The Kier molecular flexibility index (Phi) is 7.07. The van der Waals surface area contributed by atoms with Crippen LogP contribution in [-0.4, -0.2) is 14.5 Å². The fourth-order valence-electron chi connectivity index (χ4n) is 8.53. The molecule has 0 unspecified atom stereocenters. The first-order chi connectivity index (χ1) is 26.5. The van der Waals surface area contributed by atoms with Crippen molar-refractivity contribution in [3.8, 4) is 50.7 Å². The van der Waals surface area contributed by atoms with Crippen LogP contribution in [0.25, 0.3) is 72.5 Å². The summed E-state index contributed by atoms with van der Waals surface area (Å²) in [7, 11) is 0. The van der Waals surface area contributed by atoms with Crippen LogP contribution in [0.3, 0.4) is 0 Å². The van der Waals surface area contributed by atoms with Gasteiger partial charge in [-0.15, -0.1) is 0 Å². The van der Waals surface area contributed by atoms with Crippen LogP contribution in [0.4, 0.5) is 0 Å². The molecule has 7 aromatic carbocycles. The summed E-state index contributed by atoms with van der Waals surface area (Å²) in [5.41, 5.74) is 13.9. The van der Waals surface area contributed by atoms with Crippen LogP contribution in [0.2, 0.25) is 0 Å². The van der Waals surface area contributed by atoms with E-state index in [0.717, 1.165) is 39.6 Å². The molecule has 256 valence electrons. The highest BCUT2D eigenvalue weighted by Crippen LogP contribution is 2.56. The molecule has 1 aliphatic carbocycles. The van der Waals surface area contributed by atoms with Gasteiger partial charge in [0.15, 0.2) is 5.82 Å². The maximum atomic E-state index is 5.14. The summed E-state index contributed by atoms with van der Waals surface area (Å²) in [6.07, 6.45) is 0. The van der Waals surface area contributed by atoms with Crippen molar-refractivity contribution < 1.29 is 0 Å². The van der Waals surface area contributed by atoms with E-state index in [1.807, 2.05) is 47.8 Å². The van der Waals surface area contributed by atoms with E-state index in [0.29, 0.717) is 0 Å². The van der Waals surface area contributed by atoms with E-state index >= 15 is 0 Å². The maximum absolute atomic E-state index is 5.14. The van der Waals surface area contributed by atoms with Crippen molar-refractivity contribution in [2.24, 2.45) is 0 Å². The third kappa shape index (κ3) is 4.78. The van der Waals surface area contributed by atoms with Crippen molar-refractivity contribution in [3.63, 3.8) is 0 Å². The molecule has 0 N–H and O–H groups in total. The summed E-state index contributed by atoms with van der Waals surface area (Å²) < 4.78 is 2.56. The van der Waals surface area contributed by atoms with Gasteiger partial charge in [-0.3, -0.25) is 0 Å². The van der Waals surface area contributed by atoms with Crippen LogP contribution in [0.1, 0.15) is 25.0 Å². The second-order valence-electron chi connectivity index (χ2n) is 14.6. The molecule has 2 aliphatic rings. The maximum Gasteiger partial charge on any atom is 0.160 e. The van der Waals surface area contributed by atoms with Gasteiger partial charge < -0.3 is 4.57 Å². The number of rotatable bonds is 4. The number of nitrogens with zero attached hydrogens (tertiary/aromatic N) is 3. The van der Waals surface area contributed by atoms with Gasteiger partial charge in [0, 0.05) is 53.3 Å². The van der Waals surface area contributed by atoms with Gasteiger partial charge in [-0.05, 0) is 58.7 Å². The molecule has 0 bridgehead atoms. The Balaban J connectivity index is 1.15. The normalized spacial score (nSPS) is 13.7. The third-order valence-electron chi connectivity index (χ3n) is 11.1. The predicted octanol–water partition coefficient (Wildman–Crippen LogP) is 13.5. The molecule has 3 nitrogen and oxygen atoms in total. The lowest BCUT2D eigenvalue weighted by atomic mass is 9.81. The molecule has 5 heteroatoms. The zero-order valence-electron chi connectivity index (χ0n) is 29.7. The van der Waals surface area contributed by atoms with E-state index < -0.39 is 0 Å².